The molecule has 1 saturated carbocycles. The third kappa shape index (κ3) is 2.50. The monoisotopic (exact) mass is 315 g/mol. The second kappa shape index (κ2) is 5.40. The van der Waals surface area contributed by atoms with E-state index >= 15 is 0 Å². The van der Waals surface area contributed by atoms with Crippen LogP contribution in [0.1, 0.15) is 48.3 Å². The quantitative estimate of drug-likeness (QED) is 0.940. The summed E-state index contributed by atoms with van der Waals surface area (Å²) in [5, 5.41) is 11.7. The zero-order valence-corrected chi connectivity index (χ0v) is 13.5. The average Bonchev–Trinajstić information content (AvgIpc) is 3.22. The highest BCUT2D eigenvalue weighted by Crippen LogP contribution is 2.40. The molecule has 4 rings (SSSR count). The minimum Gasteiger partial charge on any atom is -0.478 e. The van der Waals surface area contributed by atoms with Gasteiger partial charge in [-0.2, -0.15) is 10.2 Å². The van der Waals surface area contributed by atoms with Gasteiger partial charge in [0.1, 0.15) is 5.82 Å². The molecule has 0 bridgehead atoms. The van der Waals surface area contributed by atoms with E-state index in [1.165, 1.54) is 12.8 Å². The number of hydrogen-bond donors (Lipinski definition) is 1. The average molecular weight is 315 g/mol. The SMILES string of the molecule is Cc1c(C(=O)Nc2ccnn2C(C)C2CC2)nn2c1OCCC2. The van der Waals surface area contributed by atoms with Gasteiger partial charge in [0.2, 0.25) is 5.88 Å². The number of fused-ring (bicyclic) bond motifs is 1. The van der Waals surface area contributed by atoms with Crippen molar-refractivity contribution in [3.63, 3.8) is 0 Å². The molecule has 0 aromatic carbocycles. The predicted octanol–water partition coefficient (Wildman–Crippen LogP) is 2.39. The second-order valence-corrected chi connectivity index (χ2v) is 6.40. The van der Waals surface area contributed by atoms with Gasteiger partial charge in [0, 0.05) is 24.6 Å². The molecule has 1 amide bonds. The van der Waals surface area contributed by atoms with E-state index in [1.54, 1.807) is 10.9 Å². The summed E-state index contributed by atoms with van der Waals surface area (Å²) < 4.78 is 9.30. The van der Waals surface area contributed by atoms with Crippen molar-refractivity contribution in [2.45, 2.75) is 45.7 Å². The number of hydrogen-bond acceptors (Lipinski definition) is 4. The van der Waals surface area contributed by atoms with Crippen molar-refractivity contribution >= 4 is 11.7 Å². The fourth-order valence-corrected chi connectivity index (χ4v) is 3.16. The lowest BCUT2D eigenvalue weighted by atomic mass is 10.2. The molecule has 2 aromatic rings. The first-order valence-electron chi connectivity index (χ1n) is 8.20. The van der Waals surface area contributed by atoms with E-state index in [4.69, 9.17) is 4.74 Å². The number of anilines is 1. The summed E-state index contributed by atoms with van der Waals surface area (Å²) in [4.78, 5) is 12.6. The van der Waals surface area contributed by atoms with Gasteiger partial charge in [0.25, 0.3) is 5.91 Å². The van der Waals surface area contributed by atoms with E-state index in [1.807, 2.05) is 17.7 Å². The molecule has 0 radical (unpaired) electrons. The summed E-state index contributed by atoms with van der Waals surface area (Å²) in [6, 6.07) is 2.14. The number of aryl methyl sites for hydroxylation is 1. The topological polar surface area (TPSA) is 74.0 Å². The molecule has 7 heteroatoms. The third-order valence-corrected chi connectivity index (χ3v) is 4.70. The fourth-order valence-electron chi connectivity index (χ4n) is 3.16. The summed E-state index contributed by atoms with van der Waals surface area (Å²) >= 11 is 0. The highest BCUT2D eigenvalue weighted by Gasteiger charge is 2.31. The van der Waals surface area contributed by atoms with Crippen molar-refractivity contribution in [1.29, 1.82) is 0 Å². The molecule has 1 unspecified atom stereocenters. The molecule has 0 saturated heterocycles. The maximum atomic E-state index is 12.6. The lowest BCUT2D eigenvalue weighted by Crippen LogP contribution is -2.19. The molecule has 1 N–H and O–H groups in total. The van der Waals surface area contributed by atoms with Gasteiger partial charge in [0.15, 0.2) is 5.69 Å². The zero-order valence-electron chi connectivity index (χ0n) is 13.5. The van der Waals surface area contributed by atoms with Gasteiger partial charge in [-0.1, -0.05) is 0 Å². The number of rotatable bonds is 4. The second-order valence-electron chi connectivity index (χ2n) is 6.40. The van der Waals surface area contributed by atoms with Gasteiger partial charge in [-0.05, 0) is 32.6 Å². The molecule has 2 aromatic heterocycles. The Kier molecular flexibility index (Phi) is 3.36. The molecule has 0 spiro atoms. The number of ether oxygens (including phenoxy) is 1. The number of amides is 1. The molecule has 23 heavy (non-hydrogen) atoms. The normalized spacial score (nSPS) is 18.2. The van der Waals surface area contributed by atoms with E-state index in [9.17, 15) is 4.79 Å². The molecule has 1 atom stereocenters. The van der Waals surface area contributed by atoms with Crippen molar-refractivity contribution in [2.24, 2.45) is 5.92 Å². The molecule has 1 aliphatic carbocycles. The van der Waals surface area contributed by atoms with E-state index < -0.39 is 0 Å². The van der Waals surface area contributed by atoms with E-state index in [0.717, 1.165) is 24.3 Å². The summed E-state index contributed by atoms with van der Waals surface area (Å²) in [6.45, 7) is 5.50. The largest absolute Gasteiger partial charge is 0.478 e. The first kappa shape index (κ1) is 14.3. The first-order valence-corrected chi connectivity index (χ1v) is 8.20. The van der Waals surface area contributed by atoms with Crippen LogP contribution in [-0.4, -0.2) is 32.1 Å². The van der Waals surface area contributed by atoms with Crippen molar-refractivity contribution < 1.29 is 9.53 Å². The lowest BCUT2D eigenvalue weighted by Gasteiger charge is -2.15. The molecule has 3 heterocycles. The third-order valence-electron chi connectivity index (χ3n) is 4.70. The van der Waals surface area contributed by atoms with Gasteiger partial charge in [0.05, 0.1) is 18.8 Å². The van der Waals surface area contributed by atoms with Crippen molar-refractivity contribution in [2.75, 3.05) is 11.9 Å². The summed E-state index contributed by atoms with van der Waals surface area (Å²) in [6.07, 6.45) is 5.11. The van der Waals surface area contributed by atoms with Crippen molar-refractivity contribution in [3.8, 4) is 5.88 Å². The molecular weight excluding hydrogens is 294 g/mol. The van der Waals surface area contributed by atoms with E-state index in [-0.39, 0.29) is 5.91 Å². The molecule has 122 valence electrons. The number of carbonyl (C=O) groups is 1. The molecule has 1 fully saturated rings. The first-order chi connectivity index (χ1) is 11.1. The van der Waals surface area contributed by atoms with Crippen LogP contribution in [-0.2, 0) is 6.54 Å². The Labute approximate surface area is 134 Å². The number of nitrogens with one attached hydrogen (secondary N) is 1. The fraction of sp³-hybridized carbons (Fsp3) is 0.562. The van der Waals surface area contributed by atoms with Gasteiger partial charge in [-0.15, -0.1) is 0 Å². The summed E-state index contributed by atoms with van der Waals surface area (Å²) in [5.41, 5.74) is 1.22. The van der Waals surface area contributed by atoms with Gasteiger partial charge < -0.3 is 10.1 Å². The Morgan fingerprint density at radius 1 is 1.48 bits per heavy atom. The van der Waals surface area contributed by atoms with Gasteiger partial charge in [-0.3, -0.25) is 4.79 Å². The maximum Gasteiger partial charge on any atom is 0.277 e. The number of carbonyl (C=O) groups excluding carboxylic acids is 1. The Morgan fingerprint density at radius 3 is 3.04 bits per heavy atom. The zero-order chi connectivity index (χ0) is 16.0. The summed E-state index contributed by atoms with van der Waals surface area (Å²) in [7, 11) is 0. The highest BCUT2D eigenvalue weighted by molar-refractivity contribution is 6.03. The molecular formula is C16H21N5O2. The Balaban J connectivity index is 1.57. The van der Waals surface area contributed by atoms with E-state index in [2.05, 4.69) is 22.4 Å². The van der Waals surface area contributed by atoms with Crippen LogP contribution < -0.4 is 10.1 Å². The molecule has 2 aliphatic rings. The van der Waals surface area contributed by atoms with E-state index in [0.29, 0.717) is 30.1 Å². The standard InChI is InChI=1S/C16H21N5O2/c1-10-14(19-20-8-3-9-23-16(10)20)15(22)18-13-6-7-17-21(13)11(2)12-4-5-12/h6-7,11-12H,3-5,8-9H2,1-2H3,(H,18,22). The Hall–Kier alpha value is -2.31. The Bertz CT molecular complexity index is 744. The van der Waals surface area contributed by atoms with Crippen LogP contribution in [0.4, 0.5) is 5.82 Å². The predicted molar refractivity (Wildman–Crippen MR) is 84.7 cm³/mol. The lowest BCUT2D eigenvalue weighted by molar-refractivity contribution is 0.101. The van der Waals surface area contributed by atoms with Gasteiger partial charge >= 0.3 is 0 Å². The molecule has 1 aliphatic heterocycles. The van der Waals surface area contributed by atoms with Gasteiger partial charge in [-0.25, -0.2) is 9.36 Å². The van der Waals surface area contributed by atoms with Crippen LogP contribution in [0.15, 0.2) is 12.3 Å². The number of nitrogens with zero attached hydrogens (tertiary/aromatic N) is 4. The van der Waals surface area contributed by atoms with Crippen molar-refractivity contribution in [3.05, 3.63) is 23.5 Å². The van der Waals surface area contributed by atoms with Crippen LogP contribution >= 0.6 is 0 Å². The summed E-state index contributed by atoms with van der Waals surface area (Å²) in [5.74, 6) is 1.89. The maximum absolute atomic E-state index is 12.6. The number of aromatic nitrogens is 4. The highest BCUT2D eigenvalue weighted by atomic mass is 16.5. The van der Waals surface area contributed by atoms with Crippen LogP contribution in [0.3, 0.4) is 0 Å². The van der Waals surface area contributed by atoms with Crippen LogP contribution in [0.5, 0.6) is 5.88 Å². The Morgan fingerprint density at radius 2 is 2.30 bits per heavy atom. The van der Waals surface area contributed by atoms with Crippen molar-refractivity contribution in [1.82, 2.24) is 19.6 Å². The minimum atomic E-state index is -0.210. The minimum absolute atomic E-state index is 0.210. The van der Waals surface area contributed by atoms with Crippen LogP contribution in [0.2, 0.25) is 0 Å². The van der Waals surface area contributed by atoms with Crippen LogP contribution in [0, 0.1) is 12.8 Å². The molecule has 7 nitrogen and oxygen atoms in total. The van der Waals surface area contributed by atoms with Crippen LogP contribution in [0.25, 0.3) is 0 Å². The smallest absolute Gasteiger partial charge is 0.277 e.